The van der Waals surface area contributed by atoms with E-state index < -0.39 is 17.8 Å². The maximum atomic E-state index is 12.4. The van der Waals surface area contributed by atoms with Crippen LogP contribution < -0.4 is 10.6 Å². The van der Waals surface area contributed by atoms with Crippen molar-refractivity contribution in [2.45, 2.75) is 19.5 Å². The molecule has 19 heavy (non-hydrogen) atoms. The molecule has 0 aliphatic heterocycles. The summed E-state index contributed by atoms with van der Waals surface area (Å²) in [4.78, 5) is 15.1. The zero-order valence-electron chi connectivity index (χ0n) is 10.8. The van der Waals surface area contributed by atoms with Crippen LogP contribution >= 0.6 is 0 Å². The highest BCUT2D eigenvalue weighted by atomic mass is 19.4. The van der Waals surface area contributed by atoms with Crippen LogP contribution in [0.3, 0.4) is 0 Å². The maximum absolute atomic E-state index is 12.4. The molecule has 0 unspecified atom stereocenters. The summed E-state index contributed by atoms with van der Waals surface area (Å²) in [5.74, 6) is -0.408. The number of rotatable bonds is 5. The molecule has 0 bridgehead atoms. The molecule has 1 heterocycles. The smallest absolute Gasteiger partial charge is 0.352 e. The van der Waals surface area contributed by atoms with Gasteiger partial charge in [-0.2, -0.15) is 13.2 Å². The molecule has 0 spiro atoms. The number of aryl methyl sites for hydroxylation is 1. The second-order valence-electron chi connectivity index (χ2n) is 4.04. The van der Waals surface area contributed by atoms with E-state index in [0.29, 0.717) is 6.54 Å². The monoisotopic (exact) mass is 275 g/mol. The van der Waals surface area contributed by atoms with Crippen molar-refractivity contribution >= 4 is 5.91 Å². The largest absolute Gasteiger partial charge is 0.433 e. The van der Waals surface area contributed by atoms with Crippen LogP contribution in [0, 0.1) is 6.92 Å². The van der Waals surface area contributed by atoms with Gasteiger partial charge in [0.1, 0.15) is 5.69 Å². The minimum atomic E-state index is -4.49. The van der Waals surface area contributed by atoms with E-state index in [9.17, 15) is 18.0 Å². The van der Waals surface area contributed by atoms with Gasteiger partial charge in [0.05, 0.1) is 11.3 Å². The molecule has 2 N–H and O–H groups in total. The molecule has 0 fully saturated rings. The van der Waals surface area contributed by atoms with E-state index in [1.165, 1.54) is 6.92 Å². The molecule has 0 saturated carbocycles. The number of aromatic nitrogens is 1. The number of pyridine rings is 1. The van der Waals surface area contributed by atoms with Crippen molar-refractivity contribution in [2.24, 2.45) is 0 Å². The van der Waals surface area contributed by atoms with E-state index in [2.05, 4.69) is 15.6 Å². The molecule has 1 rings (SSSR count). The first-order valence-corrected chi connectivity index (χ1v) is 5.84. The van der Waals surface area contributed by atoms with Crippen molar-refractivity contribution in [3.05, 3.63) is 29.1 Å². The van der Waals surface area contributed by atoms with Crippen molar-refractivity contribution in [3.8, 4) is 0 Å². The van der Waals surface area contributed by atoms with Gasteiger partial charge in [-0.1, -0.05) is 0 Å². The first-order chi connectivity index (χ1) is 8.86. The number of carbonyl (C=O) groups excluding carboxylic acids is 1. The van der Waals surface area contributed by atoms with E-state index in [0.717, 1.165) is 25.1 Å². The van der Waals surface area contributed by atoms with Gasteiger partial charge in [-0.15, -0.1) is 0 Å². The molecule has 0 aliphatic rings. The zero-order valence-corrected chi connectivity index (χ0v) is 10.8. The summed E-state index contributed by atoms with van der Waals surface area (Å²) in [5, 5.41) is 5.56. The molecule has 106 valence electrons. The van der Waals surface area contributed by atoms with Crippen molar-refractivity contribution < 1.29 is 18.0 Å². The Morgan fingerprint density at radius 1 is 1.32 bits per heavy atom. The molecule has 0 aliphatic carbocycles. The predicted octanol–water partition coefficient (Wildman–Crippen LogP) is 1.75. The van der Waals surface area contributed by atoms with Gasteiger partial charge in [-0.3, -0.25) is 4.79 Å². The Kier molecular flexibility index (Phi) is 5.29. The van der Waals surface area contributed by atoms with Crippen LogP contribution in [0.1, 0.15) is 28.2 Å². The Morgan fingerprint density at radius 2 is 2.00 bits per heavy atom. The fourth-order valence-electron chi connectivity index (χ4n) is 1.52. The van der Waals surface area contributed by atoms with Gasteiger partial charge in [-0.25, -0.2) is 4.98 Å². The number of amides is 1. The Hall–Kier alpha value is -1.63. The fraction of sp³-hybridized carbons (Fsp3) is 0.500. The normalized spacial score (nSPS) is 11.4. The summed E-state index contributed by atoms with van der Waals surface area (Å²) in [6, 6.07) is 1.97. The summed E-state index contributed by atoms with van der Waals surface area (Å²) in [5.41, 5.74) is -0.755. The van der Waals surface area contributed by atoms with Crippen LogP contribution in [0.4, 0.5) is 13.2 Å². The average Bonchev–Trinajstić information content (AvgIpc) is 2.33. The lowest BCUT2D eigenvalue weighted by atomic mass is 10.1. The van der Waals surface area contributed by atoms with E-state index in [1.54, 1.807) is 7.05 Å². The number of nitrogens with zero attached hydrogens (tertiary/aromatic N) is 1. The minimum absolute atomic E-state index is 0.0703. The van der Waals surface area contributed by atoms with Crippen molar-refractivity contribution in [3.63, 3.8) is 0 Å². The lowest BCUT2D eigenvalue weighted by Gasteiger charge is -2.10. The number of nitrogens with one attached hydrogen (secondary N) is 2. The van der Waals surface area contributed by atoms with Gasteiger partial charge in [0.25, 0.3) is 5.91 Å². The van der Waals surface area contributed by atoms with Crippen molar-refractivity contribution in [2.75, 3.05) is 20.1 Å². The van der Waals surface area contributed by atoms with Gasteiger partial charge in [0, 0.05) is 6.54 Å². The number of halogens is 3. The third-order valence-corrected chi connectivity index (χ3v) is 2.51. The number of carbonyl (C=O) groups is 1. The summed E-state index contributed by atoms with van der Waals surface area (Å²) >= 11 is 0. The Morgan fingerprint density at radius 3 is 2.53 bits per heavy atom. The van der Waals surface area contributed by atoms with Gasteiger partial charge in [0.15, 0.2) is 0 Å². The molecule has 4 nitrogen and oxygen atoms in total. The van der Waals surface area contributed by atoms with E-state index in [1.807, 2.05) is 0 Å². The first-order valence-electron chi connectivity index (χ1n) is 5.84. The second-order valence-corrected chi connectivity index (χ2v) is 4.04. The highest BCUT2D eigenvalue weighted by Gasteiger charge is 2.32. The lowest BCUT2D eigenvalue weighted by Crippen LogP contribution is -2.27. The molecule has 0 radical (unpaired) electrons. The summed E-state index contributed by atoms with van der Waals surface area (Å²) in [6.07, 6.45) is -3.75. The third-order valence-electron chi connectivity index (χ3n) is 2.51. The number of hydrogen-bond donors (Lipinski definition) is 2. The van der Waals surface area contributed by atoms with Gasteiger partial charge in [0.2, 0.25) is 0 Å². The van der Waals surface area contributed by atoms with Crippen LogP contribution in [0.15, 0.2) is 12.1 Å². The molecule has 1 amide bonds. The molecular weight excluding hydrogens is 259 g/mol. The van der Waals surface area contributed by atoms with E-state index in [-0.39, 0.29) is 11.3 Å². The standard InChI is InChI=1S/C12H16F3N3O/c1-8-9(11(19)17-7-3-6-16-2)4-5-10(18-8)12(13,14)15/h4-5,16H,3,6-7H2,1-2H3,(H,17,19). The van der Waals surface area contributed by atoms with Crippen LogP contribution in [-0.2, 0) is 6.18 Å². The Bertz CT molecular complexity index is 446. The molecule has 0 atom stereocenters. The van der Waals surface area contributed by atoms with Crippen molar-refractivity contribution in [1.82, 2.24) is 15.6 Å². The average molecular weight is 275 g/mol. The minimum Gasteiger partial charge on any atom is -0.352 e. The zero-order chi connectivity index (χ0) is 14.5. The van der Waals surface area contributed by atoms with Gasteiger partial charge < -0.3 is 10.6 Å². The topological polar surface area (TPSA) is 54.0 Å². The van der Waals surface area contributed by atoms with Crippen LogP contribution in [0.25, 0.3) is 0 Å². The van der Waals surface area contributed by atoms with Gasteiger partial charge >= 0.3 is 6.18 Å². The highest BCUT2D eigenvalue weighted by molar-refractivity contribution is 5.95. The Labute approximate surface area is 109 Å². The quantitative estimate of drug-likeness (QED) is 0.805. The SMILES string of the molecule is CNCCCNC(=O)c1ccc(C(F)(F)F)nc1C. The first kappa shape index (κ1) is 15.4. The fourth-order valence-corrected chi connectivity index (χ4v) is 1.52. The highest BCUT2D eigenvalue weighted by Crippen LogP contribution is 2.28. The van der Waals surface area contributed by atoms with Crippen LogP contribution in [-0.4, -0.2) is 31.0 Å². The molecule has 0 aromatic carbocycles. The summed E-state index contributed by atoms with van der Waals surface area (Å²) in [7, 11) is 1.80. The summed E-state index contributed by atoms with van der Waals surface area (Å²) < 4.78 is 37.3. The van der Waals surface area contributed by atoms with E-state index in [4.69, 9.17) is 0 Å². The van der Waals surface area contributed by atoms with Crippen LogP contribution in [0.2, 0.25) is 0 Å². The summed E-state index contributed by atoms with van der Waals surface area (Å²) in [6.45, 7) is 2.60. The van der Waals surface area contributed by atoms with E-state index >= 15 is 0 Å². The van der Waals surface area contributed by atoms with Crippen LogP contribution in [0.5, 0.6) is 0 Å². The number of alkyl halides is 3. The molecule has 7 heteroatoms. The number of hydrogen-bond acceptors (Lipinski definition) is 3. The van der Waals surface area contributed by atoms with Gasteiger partial charge in [-0.05, 0) is 39.1 Å². The van der Waals surface area contributed by atoms with Crippen molar-refractivity contribution in [1.29, 1.82) is 0 Å². The Balaban J connectivity index is 2.71. The second kappa shape index (κ2) is 6.51. The maximum Gasteiger partial charge on any atom is 0.433 e. The third kappa shape index (κ3) is 4.51. The predicted molar refractivity (Wildman–Crippen MR) is 64.9 cm³/mol. The molecule has 1 aromatic heterocycles. The molecule has 0 saturated heterocycles. The molecule has 1 aromatic rings. The lowest BCUT2D eigenvalue weighted by molar-refractivity contribution is -0.141. The molecular formula is C12H16F3N3O.